The largest absolute Gasteiger partial charge is 0.366 e. The van der Waals surface area contributed by atoms with Crippen molar-refractivity contribution in [3.05, 3.63) is 82.6 Å². The summed E-state index contributed by atoms with van der Waals surface area (Å²) in [6, 6.07) is 12.9. The maximum atomic E-state index is 13.9. The second-order valence-electron chi connectivity index (χ2n) is 8.19. The van der Waals surface area contributed by atoms with Crippen LogP contribution in [0.3, 0.4) is 0 Å². The van der Waals surface area contributed by atoms with Gasteiger partial charge in [-0.3, -0.25) is 14.3 Å². The van der Waals surface area contributed by atoms with Crippen LogP contribution in [0.5, 0.6) is 0 Å². The van der Waals surface area contributed by atoms with Crippen LogP contribution in [0.2, 0.25) is 0 Å². The molecule has 34 heavy (non-hydrogen) atoms. The minimum absolute atomic E-state index is 0.0265. The zero-order chi connectivity index (χ0) is 24.6. The monoisotopic (exact) mass is 456 g/mol. The third kappa shape index (κ3) is 4.09. The average molecular weight is 456 g/mol. The molecule has 9 heteroatoms. The summed E-state index contributed by atoms with van der Waals surface area (Å²) in [6.07, 6.45) is 1.71. The second kappa shape index (κ2) is 8.75. The molecule has 0 spiro atoms. The molecule has 2 aromatic heterocycles. The summed E-state index contributed by atoms with van der Waals surface area (Å²) < 4.78 is 15.5. The number of pyridine rings is 1. The van der Waals surface area contributed by atoms with E-state index in [0.29, 0.717) is 28.8 Å². The maximum absolute atomic E-state index is 13.9. The number of hydrogen-bond acceptors (Lipinski definition) is 5. The minimum atomic E-state index is -0.877. The van der Waals surface area contributed by atoms with Gasteiger partial charge in [-0.1, -0.05) is 26.0 Å². The molecule has 2 amide bonds. The minimum Gasteiger partial charge on any atom is -0.366 e. The molecule has 0 radical (unpaired) electrons. The van der Waals surface area contributed by atoms with Gasteiger partial charge < -0.3 is 11.5 Å². The van der Waals surface area contributed by atoms with E-state index in [4.69, 9.17) is 16.7 Å². The van der Waals surface area contributed by atoms with Crippen LogP contribution in [0.4, 0.5) is 4.39 Å². The number of nitriles is 1. The van der Waals surface area contributed by atoms with E-state index in [0.717, 1.165) is 11.6 Å². The van der Waals surface area contributed by atoms with E-state index >= 15 is 0 Å². The van der Waals surface area contributed by atoms with E-state index in [1.54, 1.807) is 23.0 Å². The molecule has 4 rings (SSSR count). The van der Waals surface area contributed by atoms with Crippen molar-refractivity contribution < 1.29 is 14.0 Å². The Morgan fingerprint density at radius 3 is 2.41 bits per heavy atom. The molecule has 0 unspecified atom stereocenters. The summed E-state index contributed by atoms with van der Waals surface area (Å²) >= 11 is 0. The van der Waals surface area contributed by atoms with Gasteiger partial charge in [-0.2, -0.15) is 10.4 Å². The molecule has 4 N–H and O–H groups in total. The van der Waals surface area contributed by atoms with Crippen molar-refractivity contribution in [2.24, 2.45) is 11.5 Å². The Labute approximate surface area is 194 Å². The third-order valence-corrected chi connectivity index (χ3v) is 5.46. The zero-order valence-electron chi connectivity index (χ0n) is 18.5. The Morgan fingerprint density at radius 2 is 1.82 bits per heavy atom. The first-order valence-corrected chi connectivity index (χ1v) is 10.5. The molecule has 0 fully saturated rings. The molecule has 0 aliphatic rings. The van der Waals surface area contributed by atoms with Gasteiger partial charge in [-0.25, -0.2) is 9.37 Å². The lowest BCUT2D eigenvalue weighted by atomic mass is 9.91. The number of benzene rings is 2. The maximum Gasteiger partial charge on any atom is 0.267 e. The number of nitrogens with two attached hydrogens (primary N) is 2. The molecule has 8 nitrogen and oxygen atoms in total. The molecular formula is C25H21FN6O2. The number of carbonyl (C=O) groups excluding carboxylic acids is 2. The van der Waals surface area contributed by atoms with Gasteiger partial charge in [0, 0.05) is 28.8 Å². The van der Waals surface area contributed by atoms with Crippen LogP contribution in [0, 0.1) is 17.1 Å². The second-order valence-corrected chi connectivity index (χ2v) is 8.19. The number of aromatic nitrogens is 3. The highest BCUT2D eigenvalue weighted by atomic mass is 19.1. The molecule has 0 atom stereocenters. The van der Waals surface area contributed by atoms with E-state index in [2.05, 4.69) is 16.2 Å². The number of carbonyl (C=O) groups is 2. The highest BCUT2D eigenvalue weighted by Crippen LogP contribution is 2.36. The predicted molar refractivity (Wildman–Crippen MR) is 124 cm³/mol. The first-order valence-electron chi connectivity index (χ1n) is 10.5. The predicted octanol–water partition coefficient (Wildman–Crippen LogP) is 3.48. The fourth-order valence-electron chi connectivity index (χ4n) is 3.94. The van der Waals surface area contributed by atoms with Crippen molar-refractivity contribution in [1.82, 2.24) is 14.8 Å². The van der Waals surface area contributed by atoms with Crippen LogP contribution in [0.15, 0.2) is 48.7 Å². The zero-order valence-corrected chi connectivity index (χ0v) is 18.5. The first kappa shape index (κ1) is 22.6. The topological polar surface area (TPSA) is 141 Å². The van der Waals surface area contributed by atoms with Crippen molar-refractivity contribution in [3.63, 3.8) is 0 Å². The van der Waals surface area contributed by atoms with Crippen LogP contribution in [-0.4, -0.2) is 26.6 Å². The third-order valence-electron chi connectivity index (χ3n) is 5.46. The average Bonchev–Trinajstić information content (AvgIpc) is 3.21. The van der Waals surface area contributed by atoms with Gasteiger partial charge in [0.05, 0.1) is 35.0 Å². The van der Waals surface area contributed by atoms with Crippen LogP contribution in [0.1, 0.15) is 57.4 Å². The van der Waals surface area contributed by atoms with Crippen LogP contribution in [-0.2, 0) is 6.54 Å². The Balaban J connectivity index is 1.97. The molecule has 4 aromatic rings. The molecule has 2 heterocycles. The van der Waals surface area contributed by atoms with Gasteiger partial charge in [0.15, 0.2) is 0 Å². The lowest BCUT2D eigenvalue weighted by Gasteiger charge is -2.15. The molecule has 0 saturated carbocycles. The van der Waals surface area contributed by atoms with Crippen molar-refractivity contribution in [2.45, 2.75) is 26.3 Å². The van der Waals surface area contributed by atoms with Crippen molar-refractivity contribution in [3.8, 4) is 17.2 Å². The smallest absolute Gasteiger partial charge is 0.267 e. The summed E-state index contributed by atoms with van der Waals surface area (Å²) in [7, 11) is 0. The number of halogens is 1. The SMILES string of the molecule is CC(C)c1nn(Cc2ccc(C#N)cc2)cc1-c1c(C(N)=O)nc2cc(F)ccc2c1C(N)=O. The molecule has 170 valence electrons. The Bertz CT molecular complexity index is 1480. The lowest BCUT2D eigenvalue weighted by molar-refractivity contribution is 0.0996. The molecular weight excluding hydrogens is 435 g/mol. The number of primary amides is 2. The van der Waals surface area contributed by atoms with Gasteiger partial charge in [0.25, 0.3) is 5.91 Å². The van der Waals surface area contributed by atoms with E-state index in [1.807, 2.05) is 26.0 Å². The summed E-state index contributed by atoms with van der Waals surface area (Å²) in [6.45, 7) is 4.24. The van der Waals surface area contributed by atoms with E-state index in [-0.39, 0.29) is 28.3 Å². The van der Waals surface area contributed by atoms with Crippen molar-refractivity contribution >= 4 is 22.7 Å². The Morgan fingerprint density at radius 1 is 1.12 bits per heavy atom. The number of fused-ring (bicyclic) bond motifs is 1. The summed E-state index contributed by atoms with van der Waals surface area (Å²) in [4.78, 5) is 29.3. The first-order chi connectivity index (χ1) is 16.2. The highest BCUT2D eigenvalue weighted by molar-refractivity contribution is 6.15. The standard InChI is InChI=1S/C25H21FN6O2/c1-13(2)22-18(12-32(31-22)11-15-5-3-14(10-27)4-6-15)20-21(24(28)33)17-8-7-16(26)9-19(17)30-23(20)25(29)34/h3-9,12-13H,11H2,1-2H3,(H2,28,33)(H2,29,34). The van der Waals surface area contributed by atoms with Crippen molar-refractivity contribution in [1.29, 1.82) is 5.26 Å². The van der Waals surface area contributed by atoms with E-state index in [1.165, 1.54) is 12.1 Å². The number of hydrogen-bond donors (Lipinski definition) is 2. The summed E-state index contributed by atoms with van der Waals surface area (Å²) in [5.74, 6) is -2.33. The normalized spacial score (nSPS) is 11.0. The van der Waals surface area contributed by atoms with Gasteiger partial charge in [0.2, 0.25) is 5.91 Å². The van der Waals surface area contributed by atoms with Crippen molar-refractivity contribution in [2.75, 3.05) is 0 Å². The van der Waals surface area contributed by atoms with Gasteiger partial charge in [-0.05, 0) is 35.7 Å². The Kier molecular flexibility index (Phi) is 5.82. The molecule has 0 bridgehead atoms. The molecule has 2 aromatic carbocycles. The Hall–Kier alpha value is -4.58. The molecule has 0 aliphatic carbocycles. The fraction of sp³-hybridized carbons (Fsp3) is 0.160. The van der Waals surface area contributed by atoms with Crippen LogP contribution in [0.25, 0.3) is 22.0 Å². The fourth-order valence-corrected chi connectivity index (χ4v) is 3.94. The number of nitrogens with zero attached hydrogens (tertiary/aromatic N) is 4. The quantitative estimate of drug-likeness (QED) is 0.457. The van der Waals surface area contributed by atoms with E-state index in [9.17, 15) is 14.0 Å². The van der Waals surface area contributed by atoms with Gasteiger partial charge >= 0.3 is 0 Å². The number of rotatable bonds is 6. The van der Waals surface area contributed by atoms with Gasteiger partial charge in [-0.15, -0.1) is 0 Å². The van der Waals surface area contributed by atoms with Gasteiger partial charge in [0.1, 0.15) is 11.5 Å². The molecule has 0 aliphatic heterocycles. The van der Waals surface area contributed by atoms with E-state index < -0.39 is 17.6 Å². The highest BCUT2D eigenvalue weighted by Gasteiger charge is 2.27. The summed E-state index contributed by atoms with van der Waals surface area (Å²) in [5, 5.41) is 14.0. The number of amides is 2. The lowest BCUT2D eigenvalue weighted by Crippen LogP contribution is -2.20. The summed E-state index contributed by atoms with van der Waals surface area (Å²) in [5.41, 5.74) is 14.0. The molecule has 0 saturated heterocycles. The van der Waals surface area contributed by atoms with Crippen LogP contribution >= 0.6 is 0 Å². The van der Waals surface area contributed by atoms with Crippen LogP contribution < -0.4 is 11.5 Å².